The fraction of sp³-hybridized carbons (Fsp3) is 0.167. The number of anilines is 1. The number of carbonyl (C=O) groups excluding carboxylic acids is 2. The van der Waals surface area contributed by atoms with Crippen LogP contribution in [0.5, 0.6) is 5.75 Å². The number of ether oxygens (including phenoxy) is 2. The fourth-order valence-electron chi connectivity index (χ4n) is 5.61. The molecule has 0 saturated heterocycles. The number of carbonyl (C=O) groups is 2. The molecular formula is C36H29ClF6N6O8S. The summed E-state index contributed by atoms with van der Waals surface area (Å²) in [5.41, 5.74) is -5.51. The molecule has 306 valence electrons. The molecule has 3 aromatic carbocycles. The summed E-state index contributed by atoms with van der Waals surface area (Å²) in [6.07, 6.45) is -6.76. The van der Waals surface area contributed by atoms with Crippen LogP contribution in [-0.2, 0) is 41.2 Å². The number of benzene rings is 3. The van der Waals surface area contributed by atoms with Crippen LogP contribution in [0, 0.1) is 0 Å². The van der Waals surface area contributed by atoms with Crippen LogP contribution in [0.25, 0.3) is 33.4 Å². The molecule has 6 aromatic rings. The average Bonchev–Trinajstić information content (AvgIpc) is 3.76. The molecule has 3 aromatic heterocycles. The average molecular weight is 855 g/mol. The van der Waals surface area contributed by atoms with Crippen molar-refractivity contribution in [2.45, 2.75) is 12.4 Å². The Bertz CT molecular complexity index is 2770. The third-order valence-corrected chi connectivity index (χ3v) is 8.93. The van der Waals surface area contributed by atoms with E-state index in [2.05, 4.69) is 15.0 Å². The highest BCUT2D eigenvalue weighted by atomic mass is 35.5. The number of nitrogens with one attached hydrogen (secondary N) is 3. The van der Waals surface area contributed by atoms with Gasteiger partial charge in [-0.05, 0) is 72.8 Å². The second-order valence-corrected chi connectivity index (χ2v) is 14.4. The van der Waals surface area contributed by atoms with Gasteiger partial charge in [-0.25, -0.2) is 27.6 Å². The van der Waals surface area contributed by atoms with Crippen LogP contribution in [0.4, 0.5) is 36.8 Å². The van der Waals surface area contributed by atoms with Crippen molar-refractivity contribution in [2.75, 3.05) is 23.5 Å². The highest BCUT2D eigenvalue weighted by Gasteiger charge is 2.37. The summed E-state index contributed by atoms with van der Waals surface area (Å²) < 4.78 is 118. The van der Waals surface area contributed by atoms with Gasteiger partial charge in [-0.15, -0.1) is 0 Å². The van der Waals surface area contributed by atoms with Gasteiger partial charge in [-0.1, -0.05) is 11.6 Å². The van der Waals surface area contributed by atoms with E-state index in [0.717, 1.165) is 25.5 Å². The monoisotopic (exact) mass is 854 g/mol. The van der Waals surface area contributed by atoms with Gasteiger partial charge in [0.15, 0.2) is 0 Å². The van der Waals surface area contributed by atoms with Gasteiger partial charge < -0.3 is 23.6 Å². The van der Waals surface area contributed by atoms with Crippen LogP contribution in [0.3, 0.4) is 0 Å². The summed E-state index contributed by atoms with van der Waals surface area (Å²) in [5.74, 6) is -0.816. The number of hydrogen-bond acceptors (Lipinski definition) is 8. The Balaban J connectivity index is 0.000000223. The molecule has 14 nitrogen and oxygen atoms in total. The van der Waals surface area contributed by atoms with Crippen LogP contribution in [0.1, 0.15) is 21.5 Å². The highest BCUT2D eigenvalue weighted by molar-refractivity contribution is 7.91. The van der Waals surface area contributed by atoms with E-state index in [1.54, 1.807) is 24.1 Å². The molecular weight excluding hydrogens is 826 g/mol. The Morgan fingerprint density at radius 2 is 1.34 bits per heavy atom. The van der Waals surface area contributed by atoms with Crippen molar-refractivity contribution < 1.29 is 53.8 Å². The molecule has 3 N–H and O–H groups in total. The number of methoxy groups -OCH3 is 1. The number of alkyl halides is 6. The summed E-state index contributed by atoms with van der Waals surface area (Å²) in [6.45, 7) is 0. The van der Waals surface area contributed by atoms with Crippen molar-refractivity contribution in [1.82, 2.24) is 18.8 Å². The van der Waals surface area contributed by atoms with E-state index in [9.17, 15) is 53.9 Å². The molecule has 58 heavy (non-hydrogen) atoms. The zero-order valence-corrected chi connectivity index (χ0v) is 31.8. The minimum atomic E-state index is -4.76. The Labute approximate surface area is 328 Å². The SMILES string of the molecule is COC(=O)c1cc(-c2cccn2C)c(C(F)(F)F)cc1NC(=O)Oc1ccc(Cl)cc1.Cn1cccc1-c1cc2c(=O)n(NS(C)(=O)=O)c(=O)[nH]c2cc1C(F)(F)F. The summed E-state index contributed by atoms with van der Waals surface area (Å²) in [4.78, 5) is 52.8. The van der Waals surface area contributed by atoms with Gasteiger partial charge in [0.1, 0.15) is 5.75 Å². The Morgan fingerprint density at radius 3 is 1.83 bits per heavy atom. The number of hydrogen-bond donors (Lipinski definition) is 3. The Morgan fingerprint density at radius 1 is 0.810 bits per heavy atom. The highest BCUT2D eigenvalue weighted by Crippen LogP contribution is 2.41. The van der Waals surface area contributed by atoms with Gasteiger partial charge in [0.25, 0.3) is 5.56 Å². The lowest BCUT2D eigenvalue weighted by Crippen LogP contribution is -2.43. The molecule has 0 radical (unpaired) electrons. The Hall–Kier alpha value is -6.48. The molecule has 0 fully saturated rings. The van der Waals surface area contributed by atoms with Gasteiger partial charge in [-0.2, -0.15) is 31.0 Å². The number of H-pyrrole nitrogens is 1. The molecule has 0 aliphatic carbocycles. The van der Waals surface area contributed by atoms with Crippen LogP contribution < -0.4 is 26.1 Å². The summed E-state index contributed by atoms with van der Waals surface area (Å²) in [5, 5.41) is 2.31. The quantitative estimate of drug-likeness (QED) is 0.114. The minimum absolute atomic E-state index is 0.109. The largest absolute Gasteiger partial charge is 0.465 e. The van der Waals surface area contributed by atoms with Crippen molar-refractivity contribution >= 4 is 50.3 Å². The van der Waals surface area contributed by atoms with E-state index in [1.165, 1.54) is 64.8 Å². The molecule has 3 heterocycles. The lowest BCUT2D eigenvalue weighted by Gasteiger charge is -2.18. The normalized spacial score (nSPS) is 11.8. The van der Waals surface area contributed by atoms with Crippen molar-refractivity contribution in [2.24, 2.45) is 14.1 Å². The van der Waals surface area contributed by atoms with Gasteiger partial charge in [0, 0.05) is 54.0 Å². The van der Waals surface area contributed by atoms with Crippen molar-refractivity contribution in [1.29, 1.82) is 0 Å². The molecule has 0 aliphatic rings. The number of nitrogens with zero attached hydrogens (tertiary/aromatic N) is 3. The summed E-state index contributed by atoms with van der Waals surface area (Å²) in [7, 11) is 0.218. The lowest BCUT2D eigenvalue weighted by atomic mass is 9.98. The molecule has 6 rings (SSSR count). The second kappa shape index (κ2) is 16.2. The number of sulfonamides is 1. The van der Waals surface area contributed by atoms with E-state index in [-0.39, 0.29) is 49.4 Å². The smallest absolute Gasteiger partial charge is 0.417 e. The third kappa shape index (κ3) is 9.54. The van der Waals surface area contributed by atoms with Crippen molar-refractivity contribution in [3.8, 4) is 28.3 Å². The number of aromatic amines is 1. The summed E-state index contributed by atoms with van der Waals surface area (Å²) in [6, 6.07) is 15.1. The standard InChI is InChI=1S/C21H16ClF3N2O4.C15H13F3N4O4S/c1-27-9-3-4-18(27)14-10-15(19(28)30-2)17(11-16(14)21(23,24)25)26-20(29)31-13-7-5-12(22)6-8-13;1-21-5-3-4-12(21)8-6-9-11(7-10(8)15(16,17)18)19-14(24)22(13(9)23)20-27(2,25)26/h3-11H,1-2H3,(H,26,29);3-7,20H,1-2H3,(H,19,24). The number of fused-ring (bicyclic) bond motifs is 1. The molecule has 0 atom stereocenters. The number of amides is 1. The van der Waals surface area contributed by atoms with E-state index >= 15 is 0 Å². The molecule has 0 bridgehead atoms. The second-order valence-electron chi connectivity index (χ2n) is 12.3. The van der Waals surface area contributed by atoms with Crippen LogP contribution >= 0.6 is 11.6 Å². The van der Waals surface area contributed by atoms with Crippen LogP contribution in [-0.4, -0.2) is 52.6 Å². The first-order chi connectivity index (χ1) is 27.0. The number of aryl methyl sites for hydroxylation is 2. The molecule has 0 unspecified atom stereocenters. The summed E-state index contributed by atoms with van der Waals surface area (Å²) >= 11 is 5.76. The number of rotatable bonds is 7. The van der Waals surface area contributed by atoms with Gasteiger partial charge >= 0.3 is 30.1 Å². The first-order valence-corrected chi connectivity index (χ1v) is 18.4. The predicted molar refractivity (Wildman–Crippen MR) is 201 cm³/mol. The zero-order valence-electron chi connectivity index (χ0n) is 30.2. The van der Waals surface area contributed by atoms with E-state index < -0.39 is 62.5 Å². The third-order valence-electron chi connectivity index (χ3n) is 8.17. The maximum absolute atomic E-state index is 13.8. The number of esters is 1. The molecule has 1 amide bonds. The minimum Gasteiger partial charge on any atom is -0.465 e. The predicted octanol–water partition coefficient (Wildman–Crippen LogP) is 6.98. The van der Waals surface area contributed by atoms with Crippen LogP contribution in [0.15, 0.2) is 94.8 Å². The van der Waals surface area contributed by atoms with Crippen molar-refractivity contribution in [3.05, 3.63) is 128 Å². The molecule has 22 heteroatoms. The first-order valence-electron chi connectivity index (χ1n) is 16.2. The van der Waals surface area contributed by atoms with E-state index in [4.69, 9.17) is 16.3 Å². The van der Waals surface area contributed by atoms with Gasteiger partial charge in [0.2, 0.25) is 10.0 Å². The van der Waals surface area contributed by atoms with Crippen molar-refractivity contribution in [3.63, 3.8) is 0 Å². The topological polar surface area (TPSA) is 176 Å². The Kier molecular flexibility index (Phi) is 11.9. The molecule has 0 saturated carbocycles. The fourth-order valence-corrected chi connectivity index (χ4v) is 6.24. The molecule has 0 aliphatic heterocycles. The number of halogens is 7. The maximum Gasteiger partial charge on any atom is 0.417 e. The van der Waals surface area contributed by atoms with E-state index in [0.29, 0.717) is 17.2 Å². The van der Waals surface area contributed by atoms with Gasteiger partial charge in [-0.3, -0.25) is 10.1 Å². The first kappa shape index (κ1) is 42.7. The van der Waals surface area contributed by atoms with E-state index in [1.807, 2.05) is 0 Å². The van der Waals surface area contributed by atoms with Gasteiger partial charge in [0.05, 0.1) is 46.6 Å². The maximum atomic E-state index is 13.8. The zero-order chi connectivity index (χ0) is 42.9. The number of aromatic nitrogens is 4. The molecule has 0 spiro atoms. The van der Waals surface area contributed by atoms with Crippen LogP contribution in [0.2, 0.25) is 5.02 Å². The lowest BCUT2D eigenvalue weighted by molar-refractivity contribution is -0.137.